The highest BCUT2D eigenvalue weighted by Crippen LogP contribution is 2.28. The van der Waals surface area contributed by atoms with Crippen LogP contribution in [0.5, 0.6) is 11.5 Å². The van der Waals surface area contributed by atoms with Gasteiger partial charge in [0.2, 0.25) is 0 Å². The fourth-order valence-corrected chi connectivity index (χ4v) is 3.50. The van der Waals surface area contributed by atoms with Crippen LogP contribution in [-0.4, -0.2) is 38.1 Å². The normalized spacial score (nSPS) is 18.6. The molecule has 0 unspecified atom stereocenters. The summed E-state index contributed by atoms with van der Waals surface area (Å²) in [5.74, 6) is 0.405. The molecule has 0 atom stereocenters. The van der Waals surface area contributed by atoms with E-state index in [0.29, 0.717) is 28.3 Å². The second-order valence-electron chi connectivity index (χ2n) is 7.15. The third kappa shape index (κ3) is 5.06. The molecule has 154 valence electrons. The van der Waals surface area contributed by atoms with E-state index in [9.17, 15) is 9.59 Å². The molecule has 0 aliphatic heterocycles. The van der Waals surface area contributed by atoms with Gasteiger partial charge in [-0.05, 0) is 56.0 Å². The molecule has 2 amide bonds. The van der Waals surface area contributed by atoms with E-state index in [2.05, 4.69) is 10.6 Å². The number of carbonyl (C=O) groups excluding carboxylic acids is 2. The van der Waals surface area contributed by atoms with Crippen molar-refractivity contribution in [2.45, 2.75) is 37.8 Å². The quantitative estimate of drug-likeness (QED) is 0.695. The molecule has 4 N–H and O–H groups in total. The van der Waals surface area contributed by atoms with Gasteiger partial charge in [0.1, 0.15) is 11.5 Å². The predicted octanol–water partition coefficient (Wildman–Crippen LogP) is 2.96. The Morgan fingerprint density at radius 3 is 2.31 bits per heavy atom. The first kappa shape index (κ1) is 20.7. The zero-order valence-electron chi connectivity index (χ0n) is 16.7. The summed E-state index contributed by atoms with van der Waals surface area (Å²) in [5.41, 5.74) is 7.20. The van der Waals surface area contributed by atoms with Crippen molar-refractivity contribution in [2.75, 3.05) is 19.5 Å². The molecule has 2 aromatic carbocycles. The van der Waals surface area contributed by atoms with Gasteiger partial charge in [-0.25, -0.2) is 0 Å². The Morgan fingerprint density at radius 1 is 0.931 bits per heavy atom. The highest BCUT2D eigenvalue weighted by atomic mass is 16.5. The second kappa shape index (κ2) is 9.43. The van der Waals surface area contributed by atoms with Crippen molar-refractivity contribution in [2.24, 2.45) is 5.73 Å². The highest BCUT2D eigenvalue weighted by molar-refractivity contribution is 6.07. The molecule has 1 aliphatic carbocycles. The van der Waals surface area contributed by atoms with E-state index in [0.717, 1.165) is 25.7 Å². The van der Waals surface area contributed by atoms with E-state index in [-0.39, 0.29) is 23.9 Å². The van der Waals surface area contributed by atoms with Crippen LogP contribution in [0, 0.1) is 0 Å². The monoisotopic (exact) mass is 397 g/mol. The molecule has 0 bridgehead atoms. The number of para-hydroxylation sites is 1. The summed E-state index contributed by atoms with van der Waals surface area (Å²) in [4.78, 5) is 25.4. The lowest BCUT2D eigenvalue weighted by Gasteiger charge is -2.26. The Kier molecular flexibility index (Phi) is 6.72. The number of nitrogens with one attached hydrogen (secondary N) is 2. The van der Waals surface area contributed by atoms with Gasteiger partial charge in [0.25, 0.3) is 11.8 Å². The van der Waals surface area contributed by atoms with Gasteiger partial charge in [-0.2, -0.15) is 0 Å². The van der Waals surface area contributed by atoms with Crippen molar-refractivity contribution in [1.29, 1.82) is 0 Å². The molecule has 7 heteroatoms. The zero-order chi connectivity index (χ0) is 20.8. The van der Waals surface area contributed by atoms with Crippen LogP contribution in [0.2, 0.25) is 0 Å². The molecule has 0 saturated heterocycles. The maximum atomic E-state index is 12.7. The summed E-state index contributed by atoms with van der Waals surface area (Å²) in [6.45, 7) is 0. The molecule has 7 nitrogen and oxygen atoms in total. The average Bonchev–Trinajstić information content (AvgIpc) is 2.75. The van der Waals surface area contributed by atoms with Crippen LogP contribution in [0.4, 0.5) is 5.69 Å². The number of ether oxygens (including phenoxy) is 2. The third-order valence-electron chi connectivity index (χ3n) is 5.17. The number of hydrogen-bond donors (Lipinski definition) is 3. The minimum absolute atomic E-state index is 0.121. The van der Waals surface area contributed by atoms with Gasteiger partial charge in [0, 0.05) is 17.6 Å². The van der Waals surface area contributed by atoms with E-state index in [4.69, 9.17) is 15.2 Å². The van der Waals surface area contributed by atoms with E-state index in [1.807, 2.05) is 0 Å². The van der Waals surface area contributed by atoms with Crippen LogP contribution in [0.15, 0.2) is 42.5 Å². The van der Waals surface area contributed by atoms with Gasteiger partial charge < -0.3 is 25.8 Å². The van der Waals surface area contributed by atoms with E-state index in [1.54, 1.807) is 42.5 Å². The van der Waals surface area contributed by atoms with Gasteiger partial charge in [0.05, 0.1) is 25.5 Å². The minimum Gasteiger partial charge on any atom is -0.496 e. The van der Waals surface area contributed by atoms with Crippen molar-refractivity contribution in [3.63, 3.8) is 0 Å². The molecular weight excluding hydrogens is 370 g/mol. The first-order chi connectivity index (χ1) is 14.0. The predicted molar refractivity (Wildman–Crippen MR) is 112 cm³/mol. The number of benzene rings is 2. The Labute approximate surface area is 170 Å². The lowest BCUT2D eigenvalue weighted by Crippen LogP contribution is -2.40. The van der Waals surface area contributed by atoms with Crippen LogP contribution in [0.25, 0.3) is 0 Å². The smallest absolute Gasteiger partial charge is 0.259 e. The largest absolute Gasteiger partial charge is 0.496 e. The number of methoxy groups -OCH3 is 2. The molecule has 1 saturated carbocycles. The van der Waals surface area contributed by atoms with Gasteiger partial charge in [0.15, 0.2) is 0 Å². The number of hydrogen-bond acceptors (Lipinski definition) is 5. The van der Waals surface area contributed by atoms with Crippen LogP contribution in [0.3, 0.4) is 0 Å². The number of rotatable bonds is 6. The number of amides is 2. The first-order valence-corrected chi connectivity index (χ1v) is 9.70. The summed E-state index contributed by atoms with van der Waals surface area (Å²) < 4.78 is 10.6. The van der Waals surface area contributed by atoms with Crippen LogP contribution in [0.1, 0.15) is 46.4 Å². The topological polar surface area (TPSA) is 103 Å². The number of anilines is 1. The summed E-state index contributed by atoms with van der Waals surface area (Å²) in [7, 11) is 3.02. The lowest BCUT2D eigenvalue weighted by atomic mass is 9.91. The molecule has 0 heterocycles. The Balaban J connectivity index is 1.76. The molecule has 1 fully saturated rings. The maximum Gasteiger partial charge on any atom is 0.259 e. The SMILES string of the molecule is COc1ccc(C(=O)NC2CCC(N)CC2)cc1NC(=O)c1ccccc1OC. The number of nitrogens with two attached hydrogens (primary N) is 1. The molecule has 0 aromatic heterocycles. The van der Waals surface area contributed by atoms with Crippen LogP contribution >= 0.6 is 0 Å². The fraction of sp³-hybridized carbons (Fsp3) is 0.364. The summed E-state index contributed by atoms with van der Waals surface area (Å²) in [6, 6.07) is 12.3. The molecular formula is C22H27N3O4. The van der Waals surface area contributed by atoms with Crippen LogP contribution < -0.4 is 25.8 Å². The van der Waals surface area contributed by atoms with Gasteiger partial charge in [-0.1, -0.05) is 12.1 Å². The molecule has 29 heavy (non-hydrogen) atoms. The maximum absolute atomic E-state index is 12.7. The summed E-state index contributed by atoms with van der Waals surface area (Å²) in [6.07, 6.45) is 3.57. The van der Waals surface area contributed by atoms with Crippen molar-refractivity contribution in [1.82, 2.24) is 5.32 Å². The second-order valence-corrected chi connectivity index (χ2v) is 7.15. The van der Waals surface area contributed by atoms with Crippen molar-refractivity contribution in [3.05, 3.63) is 53.6 Å². The Bertz CT molecular complexity index is 876. The molecule has 3 rings (SSSR count). The lowest BCUT2D eigenvalue weighted by molar-refractivity contribution is 0.0924. The van der Waals surface area contributed by atoms with E-state index < -0.39 is 0 Å². The molecule has 0 radical (unpaired) electrons. The fourth-order valence-electron chi connectivity index (χ4n) is 3.50. The van der Waals surface area contributed by atoms with Gasteiger partial charge in [-0.3, -0.25) is 9.59 Å². The molecule has 2 aromatic rings. The van der Waals surface area contributed by atoms with Gasteiger partial charge in [-0.15, -0.1) is 0 Å². The van der Waals surface area contributed by atoms with E-state index >= 15 is 0 Å². The van der Waals surface area contributed by atoms with Crippen LogP contribution in [-0.2, 0) is 0 Å². The Morgan fingerprint density at radius 2 is 1.62 bits per heavy atom. The van der Waals surface area contributed by atoms with Crippen molar-refractivity contribution >= 4 is 17.5 Å². The molecule has 0 spiro atoms. The average molecular weight is 397 g/mol. The highest BCUT2D eigenvalue weighted by Gasteiger charge is 2.21. The van der Waals surface area contributed by atoms with Gasteiger partial charge >= 0.3 is 0 Å². The molecule has 1 aliphatic rings. The first-order valence-electron chi connectivity index (χ1n) is 9.70. The summed E-state index contributed by atoms with van der Waals surface area (Å²) >= 11 is 0. The summed E-state index contributed by atoms with van der Waals surface area (Å²) in [5, 5.41) is 5.87. The number of carbonyl (C=O) groups is 2. The zero-order valence-corrected chi connectivity index (χ0v) is 16.7. The van der Waals surface area contributed by atoms with E-state index in [1.165, 1.54) is 14.2 Å². The van der Waals surface area contributed by atoms with Crippen molar-refractivity contribution < 1.29 is 19.1 Å². The standard InChI is InChI=1S/C22H27N3O4/c1-28-19-6-4-3-5-17(19)22(27)25-18-13-14(7-12-20(18)29-2)21(26)24-16-10-8-15(23)9-11-16/h3-7,12-13,15-16H,8-11,23H2,1-2H3,(H,24,26)(H,25,27). The van der Waals surface area contributed by atoms with Crippen molar-refractivity contribution in [3.8, 4) is 11.5 Å². The third-order valence-corrected chi connectivity index (χ3v) is 5.17. The minimum atomic E-state index is -0.348. The Hall–Kier alpha value is -3.06.